The molecule has 0 atom stereocenters. The molecule has 1 aromatic heterocycles. The zero-order chi connectivity index (χ0) is 16.9. The molecular formula is C19H16ClNO3. The highest BCUT2D eigenvalue weighted by molar-refractivity contribution is 6.30. The zero-order valence-corrected chi connectivity index (χ0v) is 13.9. The fourth-order valence-electron chi connectivity index (χ4n) is 2.23. The van der Waals surface area contributed by atoms with E-state index in [0.717, 1.165) is 11.1 Å². The largest absolute Gasteiger partial charge is 0.459 e. The Morgan fingerprint density at radius 2 is 1.83 bits per heavy atom. The molecule has 0 saturated heterocycles. The van der Waals surface area contributed by atoms with Gasteiger partial charge in [-0.3, -0.25) is 4.79 Å². The van der Waals surface area contributed by atoms with Crippen molar-refractivity contribution in [1.29, 1.82) is 0 Å². The van der Waals surface area contributed by atoms with Crippen LogP contribution in [0.3, 0.4) is 0 Å². The Morgan fingerprint density at radius 3 is 2.54 bits per heavy atom. The van der Waals surface area contributed by atoms with Crippen LogP contribution in [0.5, 0.6) is 0 Å². The quantitative estimate of drug-likeness (QED) is 0.637. The Morgan fingerprint density at radius 1 is 1.12 bits per heavy atom. The summed E-state index contributed by atoms with van der Waals surface area (Å²) in [6.07, 6.45) is 0.194. The third-order valence-corrected chi connectivity index (χ3v) is 3.80. The Bertz CT molecular complexity index is 826. The molecule has 0 aliphatic heterocycles. The van der Waals surface area contributed by atoms with E-state index in [1.165, 1.54) is 0 Å². The zero-order valence-electron chi connectivity index (χ0n) is 13.2. The maximum Gasteiger partial charge on any atom is 0.310 e. The number of hydrogen-bond acceptors (Lipinski definition) is 4. The summed E-state index contributed by atoms with van der Waals surface area (Å²) in [7, 11) is 0. The van der Waals surface area contributed by atoms with Crippen molar-refractivity contribution in [2.75, 3.05) is 0 Å². The van der Waals surface area contributed by atoms with Crippen molar-refractivity contribution >= 4 is 17.6 Å². The molecule has 122 valence electrons. The molecule has 4 nitrogen and oxygen atoms in total. The number of oxazole rings is 1. The first-order valence-electron chi connectivity index (χ1n) is 7.53. The summed E-state index contributed by atoms with van der Waals surface area (Å²) in [5.41, 5.74) is 2.36. The second-order valence-corrected chi connectivity index (χ2v) is 5.79. The predicted molar refractivity (Wildman–Crippen MR) is 91.6 cm³/mol. The minimum absolute atomic E-state index is 0.0919. The van der Waals surface area contributed by atoms with Crippen LogP contribution in [0.4, 0.5) is 0 Å². The summed E-state index contributed by atoms with van der Waals surface area (Å²) in [5, 5.41) is 0.638. The van der Waals surface area contributed by atoms with Crippen LogP contribution in [0.15, 0.2) is 59.0 Å². The lowest BCUT2D eigenvalue weighted by Crippen LogP contribution is -2.08. The molecule has 24 heavy (non-hydrogen) atoms. The maximum absolute atomic E-state index is 11.9. The first kappa shape index (κ1) is 16.3. The number of benzene rings is 2. The number of hydrogen-bond donors (Lipinski definition) is 0. The average Bonchev–Trinajstić information content (AvgIpc) is 2.97. The van der Waals surface area contributed by atoms with Crippen molar-refractivity contribution in [2.24, 2.45) is 0 Å². The van der Waals surface area contributed by atoms with Crippen LogP contribution in [0.25, 0.3) is 11.5 Å². The lowest BCUT2D eigenvalue weighted by molar-refractivity contribution is -0.144. The van der Waals surface area contributed by atoms with Gasteiger partial charge in [0.1, 0.15) is 18.1 Å². The molecule has 0 spiro atoms. The van der Waals surface area contributed by atoms with E-state index in [1.54, 1.807) is 24.3 Å². The maximum atomic E-state index is 11.9. The highest BCUT2D eigenvalue weighted by Gasteiger charge is 2.13. The van der Waals surface area contributed by atoms with Gasteiger partial charge in [0.2, 0.25) is 5.89 Å². The summed E-state index contributed by atoms with van der Waals surface area (Å²) in [4.78, 5) is 16.4. The lowest BCUT2D eigenvalue weighted by atomic mass is 10.1. The number of carbonyl (C=O) groups excluding carboxylic acids is 1. The number of carbonyl (C=O) groups is 1. The molecule has 2 aromatic carbocycles. The molecule has 0 radical (unpaired) electrons. The van der Waals surface area contributed by atoms with Gasteiger partial charge in [-0.05, 0) is 36.8 Å². The third-order valence-electron chi connectivity index (χ3n) is 3.54. The Labute approximate surface area is 145 Å². The van der Waals surface area contributed by atoms with Gasteiger partial charge >= 0.3 is 5.97 Å². The van der Waals surface area contributed by atoms with E-state index in [1.807, 2.05) is 37.3 Å². The van der Waals surface area contributed by atoms with Gasteiger partial charge < -0.3 is 9.15 Å². The molecule has 3 rings (SSSR count). The number of aryl methyl sites for hydroxylation is 1. The van der Waals surface area contributed by atoms with E-state index in [9.17, 15) is 4.79 Å². The minimum atomic E-state index is -0.319. The van der Waals surface area contributed by atoms with Gasteiger partial charge in [-0.2, -0.15) is 0 Å². The summed E-state index contributed by atoms with van der Waals surface area (Å²) in [6.45, 7) is 1.90. The summed E-state index contributed by atoms with van der Waals surface area (Å²) in [5.74, 6) is 0.853. The van der Waals surface area contributed by atoms with E-state index in [4.69, 9.17) is 20.8 Å². The van der Waals surface area contributed by atoms with Crippen LogP contribution >= 0.6 is 11.6 Å². The van der Waals surface area contributed by atoms with Gasteiger partial charge in [0.25, 0.3) is 0 Å². The first-order valence-corrected chi connectivity index (χ1v) is 7.91. The minimum Gasteiger partial charge on any atom is -0.459 e. The van der Waals surface area contributed by atoms with E-state index in [2.05, 4.69) is 4.98 Å². The second-order valence-electron chi connectivity index (χ2n) is 5.35. The van der Waals surface area contributed by atoms with E-state index >= 15 is 0 Å². The number of ether oxygens (including phenoxy) is 1. The molecule has 0 amide bonds. The van der Waals surface area contributed by atoms with Gasteiger partial charge in [0, 0.05) is 10.6 Å². The molecule has 0 fully saturated rings. The van der Waals surface area contributed by atoms with E-state index < -0.39 is 0 Å². The van der Waals surface area contributed by atoms with Crippen LogP contribution in [-0.2, 0) is 22.6 Å². The van der Waals surface area contributed by atoms with E-state index in [0.29, 0.717) is 22.4 Å². The highest BCUT2D eigenvalue weighted by atomic mass is 35.5. The number of nitrogens with zero attached hydrogens (tertiary/aromatic N) is 1. The second kappa shape index (κ2) is 7.32. The van der Waals surface area contributed by atoms with Gasteiger partial charge in [-0.1, -0.05) is 41.9 Å². The molecule has 0 bridgehead atoms. The molecule has 0 aliphatic rings. The van der Waals surface area contributed by atoms with Crippen LogP contribution in [0.2, 0.25) is 5.02 Å². The van der Waals surface area contributed by atoms with Crippen molar-refractivity contribution < 1.29 is 13.9 Å². The van der Waals surface area contributed by atoms with Gasteiger partial charge in [0.05, 0.1) is 6.42 Å². The molecule has 0 N–H and O–H groups in total. The molecule has 0 aliphatic carbocycles. The van der Waals surface area contributed by atoms with Crippen molar-refractivity contribution in [1.82, 2.24) is 4.98 Å². The first-order chi connectivity index (χ1) is 11.6. The highest BCUT2D eigenvalue weighted by Crippen LogP contribution is 2.22. The Balaban J connectivity index is 1.61. The van der Waals surface area contributed by atoms with Crippen molar-refractivity contribution in [3.8, 4) is 11.5 Å². The SMILES string of the molecule is Cc1oc(-c2ccccc2)nc1COC(=O)Cc1ccc(Cl)cc1. The van der Waals surface area contributed by atoms with Crippen LogP contribution in [0.1, 0.15) is 17.0 Å². The molecule has 0 unspecified atom stereocenters. The summed E-state index contributed by atoms with van der Waals surface area (Å²) in [6, 6.07) is 16.7. The molecule has 5 heteroatoms. The smallest absolute Gasteiger partial charge is 0.310 e. The lowest BCUT2D eigenvalue weighted by Gasteiger charge is -2.03. The van der Waals surface area contributed by atoms with Crippen LogP contribution in [0, 0.1) is 6.92 Å². The van der Waals surface area contributed by atoms with Gasteiger partial charge in [-0.15, -0.1) is 0 Å². The molecular weight excluding hydrogens is 326 g/mol. The van der Waals surface area contributed by atoms with E-state index in [-0.39, 0.29) is 19.0 Å². The molecule has 3 aromatic rings. The summed E-state index contributed by atoms with van der Waals surface area (Å²) >= 11 is 5.82. The predicted octanol–water partition coefficient (Wildman–Crippen LogP) is 4.59. The number of aromatic nitrogens is 1. The average molecular weight is 342 g/mol. The number of halogens is 1. The molecule has 1 heterocycles. The Kier molecular flexibility index (Phi) is 4.96. The van der Waals surface area contributed by atoms with Crippen LogP contribution in [-0.4, -0.2) is 11.0 Å². The van der Waals surface area contributed by atoms with Crippen molar-refractivity contribution in [2.45, 2.75) is 20.0 Å². The van der Waals surface area contributed by atoms with Crippen molar-refractivity contribution in [3.63, 3.8) is 0 Å². The van der Waals surface area contributed by atoms with Gasteiger partial charge in [-0.25, -0.2) is 4.98 Å². The standard InChI is InChI=1S/C19H16ClNO3/c1-13-17(21-19(24-13)15-5-3-2-4-6-15)12-23-18(22)11-14-7-9-16(20)10-8-14/h2-10H,11-12H2,1H3. The van der Waals surface area contributed by atoms with Gasteiger partial charge in [0.15, 0.2) is 0 Å². The normalized spacial score (nSPS) is 10.6. The van der Waals surface area contributed by atoms with Crippen LogP contribution < -0.4 is 0 Å². The fourth-order valence-corrected chi connectivity index (χ4v) is 2.36. The fraction of sp³-hybridized carbons (Fsp3) is 0.158. The summed E-state index contributed by atoms with van der Waals surface area (Å²) < 4.78 is 10.9. The topological polar surface area (TPSA) is 52.3 Å². The Hall–Kier alpha value is -2.59. The monoisotopic (exact) mass is 341 g/mol. The number of esters is 1. The molecule has 0 saturated carbocycles. The third kappa shape index (κ3) is 4.03. The van der Waals surface area contributed by atoms with Crippen molar-refractivity contribution in [3.05, 3.63) is 76.6 Å². The number of rotatable bonds is 5.